The third-order valence-electron chi connectivity index (χ3n) is 3.78. The van der Waals surface area contributed by atoms with E-state index in [-0.39, 0.29) is 17.1 Å². The standard InChI is InChI=1S/C12H9F3O/c1-11-5-9(11)10(16)7-3-2-6(4-8(7)11)12(13,14)15/h2-4,9H,5H2,1H3/t9-,11+/m0/s1. The van der Waals surface area contributed by atoms with Crippen molar-refractivity contribution >= 4 is 5.78 Å². The molecule has 16 heavy (non-hydrogen) atoms. The van der Waals surface area contributed by atoms with Gasteiger partial charge in [0, 0.05) is 16.9 Å². The number of hydrogen-bond acceptors (Lipinski definition) is 1. The summed E-state index contributed by atoms with van der Waals surface area (Å²) in [4.78, 5) is 11.7. The molecular formula is C12H9F3O. The van der Waals surface area contributed by atoms with Crippen LogP contribution in [0.3, 0.4) is 0 Å². The molecule has 84 valence electrons. The van der Waals surface area contributed by atoms with Crippen LogP contribution in [0.15, 0.2) is 18.2 Å². The van der Waals surface area contributed by atoms with Crippen LogP contribution in [0.25, 0.3) is 0 Å². The van der Waals surface area contributed by atoms with Gasteiger partial charge in [0.05, 0.1) is 5.56 Å². The fourth-order valence-electron chi connectivity index (χ4n) is 2.64. The van der Waals surface area contributed by atoms with Gasteiger partial charge in [0.1, 0.15) is 0 Å². The summed E-state index contributed by atoms with van der Waals surface area (Å²) in [6.45, 7) is 1.86. The Morgan fingerprint density at radius 1 is 1.38 bits per heavy atom. The summed E-state index contributed by atoms with van der Waals surface area (Å²) in [5, 5.41) is 0. The molecule has 2 atom stereocenters. The van der Waals surface area contributed by atoms with Crippen molar-refractivity contribution in [1.82, 2.24) is 0 Å². The highest BCUT2D eigenvalue weighted by molar-refractivity contribution is 6.07. The summed E-state index contributed by atoms with van der Waals surface area (Å²) in [5.74, 6) is -0.0720. The van der Waals surface area contributed by atoms with Gasteiger partial charge in [-0.2, -0.15) is 13.2 Å². The summed E-state index contributed by atoms with van der Waals surface area (Å²) in [6, 6.07) is 3.45. The van der Waals surface area contributed by atoms with Gasteiger partial charge in [-0.3, -0.25) is 4.79 Å². The molecule has 4 heteroatoms. The molecule has 1 nitrogen and oxygen atoms in total. The van der Waals surface area contributed by atoms with Gasteiger partial charge in [0.2, 0.25) is 0 Å². The predicted octanol–water partition coefficient (Wildman–Crippen LogP) is 3.18. The minimum atomic E-state index is -4.33. The Morgan fingerprint density at radius 3 is 2.69 bits per heavy atom. The third-order valence-corrected chi connectivity index (χ3v) is 3.78. The molecule has 0 unspecified atom stereocenters. The van der Waals surface area contributed by atoms with E-state index >= 15 is 0 Å². The van der Waals surface area contributed by atoms with E-state index in [2.05, 4.69) is 0 Å². The first-order chi connectivity index (χ1) is 7.34. The van der Waals surface area contributed by atoms with Gasteiger partial charge in [-0.15, -0.1) is 0 Å². The van der Waals surface area contributed by atoms with Crippen molar-refractivity contribution in [2.24, 2.45) is 5.92 Å². The summed E-state index contributed by atoms with van der Waals surface area (Å²) < 4.78 is 37.6. The Labute approximate surface area is 90.3 Å². The van der Waals surface area contributed by atoms with Crippen LogP contribution in [-0.4, -0.2) is 5.78 Å². The van der Waals surface area contributed by atoms with Crippen LogP contribution in [0.1, 0.15) is 34.8 Å². The topological polar surface area (TPSA) is 17.1 Å². The number of rotatable bonds is 0. The number of benzene rings is 1. The van der Waals surface area contributed by atoms with Crippen molar-refractivity contribution in [2.45, 2.75) is 24.9 Å². The van der Waals surface area contributed by atoms with E-state index in [1.807, 2.05) is 6.92 Å². The fraction of sp³-hybridized carbons (Fsp3) is 0.417. The van der Waals surface area contributed by atoms with Gasteiger partial charge >= 0.3 is 6.18 Å². The zero-order valence-corrected chi connectivity index (χ0v) is 8.56. The molecular weight excluding hydrogens is 217 g/mol. The molecule has 0 spiro atoms. The summed E-state index contributed by atoms with van der Waals surface area (Å²) in [6.07, 6.45) is -3.64. The maximum atomic E-state index is 12.5. The lowest BCUT2D eigenvalue weighted by atomic mass is 9.95. The number of alkyl halides is 3. The highest BCUT2D eigenvalue weighted by Gasteiger charge is 2.62. The van der Waals surface area contributed by atoms with Gasteiger partial charge < -0.3 is 0 Å². The maximum absolute atomic E-state index is 12.5. The second kappa shape index (κ2) is 2.50. The number of hydrogen-bond donors (Lipinski definition) is 0. The molecule has 1 saturated carbocycles. The lowest BCUT2D eigenvalue weighted by Gasteiger charge is -2.12. The van der Waals surface area contributed by atoms with Gasteiger partial charge in [-0.25, -0.2) is 0 Å². The zero-order valence-electron chi connectivity index (χ0n) is 8.56. The molecule has 2 aliphatic carbocycles. The Morgan fingerprint density at radius 2 is 2.06 bits per heavy atom. The molecule has 1 fully saturated rings. The number of carbonyl (C=O) groups excluding carboxylic acids is 1. The normalized spacial score (nSPS) is 31.2. The van der Waals surface area contributed by atoms with Crippen LogP contribution in [0, 0.1) is 5.92 Å². The minimum Gasteiger partial charge on any atom is -0.294 e. The number of Topliss-reactive ketones (excluding diaryl/α,β-unsaturated/α-hetero) is 1. The molecule has 0 N–H and O–H groups in total. The lowest BCUT2D eigenvalue weighted by Crippen LogP contribution is -2.08. The SMILES string of the molecule is C[C@]12C[C@H]1C(=O)c1ccc(C(F)(F)F)cc12. The highest BCUT2D eigenvalue weighted by atomic mass is 19.4. The van der Waals surface area contributed by atoms with E-state index in [4.69, 9.17) is 0 Å². The molecule has 0 bridgehead atoms. The summed E-state index contributed by atoms with van der Waals surface area (Å²) in [7, 11) is 0. The first kappa shape index (κ1) is 9.87. The molecule has 3 rings (SSSR count). The van der Waals surface area contributed by atoms with E-state index in [9.17, 15) is 18.0 Å². The number of halogens is 3. The average Bonchev–Trinajstić information content (AvgIpc) is 2.84. The molecule has 0 amide bonds. The smallest absolute Gasteiger partial charge is 0.294 e. The maximum Gasteiger partial charge on any atom is 0.416 e. The molecule has 0 aliphatic heterocycles. The second-order valence-electron chi connectivity index (χ2n) is 4.80. The Bertz CT molecular complexity index is 503. The van der Waals surface area contributed by atoms with E-state index < -0.39 is 11.7 Å². The van der Waals surface area contributed by atoms with E-state index in [0.29, 0.717) is 17.5 Å². The molecule has 0 radical (unpaired) electrons. The minimum absolute atomic E-state index is 0.00576. The van der Waals surface area contributed by atoms with Crippen molar-refractivity contribution in [2.75, 3.05) is 0 Å². The molecule has 1 aromatic rings. The first-order valence-corrected chi connectivity index (χ1v) is 5.10. The molecule has 0 saturated heterocycles. The molecule has 2 aliphatic rings. The Balaban J connectivity index is 2.17. The van der Waals surface area contributed by atoms with Crippen LogP contribution in [0.4, 0.5) is 13.2 Å². The van der Waals surface area contributed by atoms with Crippen LogP contribution in [0.5, 0.6) is 0 Å². The van der Waals surface area contributed by atoms with Gasteiger partial charge in [-0.05, 0) is 24.1 Å². The predicted molar refractivity (Wildman–Crippen MR) is 51.2 cm³/mol. The van der Waals surface area contributed by atoms with Crippen LogP contribution >= 0.6 is 0 Å². The van der Waals surface area contributed by atoms with Gasteiger partial charge in [-0.1, -0.05) is 13.0 Å². The van der Waals surface area contributed by atoms with E-state index in [1.54, 1.807) is 0 Å². The quantitative estimate of drug-likeness (QED) is 0.664. The van der Waals surface area contributed by atoms with Crippen LogP contribution < -0.4 is 0 Å². The van der Waals surface area contributed by atoms with E-state index in [1.165, 1.54) is 6.07 Å². The van der Waals surface area contributed by atoms with Gasteiger partial charge in [0.25, 0.3) is 0 Å². The fourth-order valence-corrected chi connectivity index (χ4v) is 2.64. The largest absolute Gasteiger partial charge is 0.416 e. The first-order valence-electron chi connectivity index (χ1n) is 5.10. The Hall–Kier alpha value is -1.32. The van der Waals surface area contributed by atoms with Crippen molar-refractivity contribution in [3.63, 3.8) is 0 Å². The summed E-state index contributed by atoms with van der Waals surface area (Å²) >= 11 is 0. The molecule has 1 aromatic carbocycles. The monoisotopic (exact) mass is 226 g/mol. The average molecular weight is 226 g/mol. The second-order valence-corrected chi connectivity index (χ2v) is 4.80. The number of carbonyl (C=O) groups is 1. The van der Waals surface area contributed by atoms with Gasteiger partial charge in [0.15, 0.2) is 5.78 Å². The lowest BCUT2D eigenvalue weighted by molar-refractivity contribution is -0.137. The zero-order chi connectivity index (χ0) is 11.7. The molecule has 0 heterocycles. The third kappa shape index (κ3) is 1.05. The van der Waals surface area contributed by atoms with Crippen LogP contribution in [-0.2, 0) is 11.6 Å². The van der Waals surface area contributed by atoms with E-state index in [0.717, 1.165) is 12.1 Å². The van der Waals surface area contributed by atoms with Crippen molar-refractivity contribution in [1.29, 1.82) is 0 Å². The summed E-state index contributed by atoms with van der Waals surface area (Å²) in [5.41, 5.74) is 0.0742. The van der Waals surface area contributed by atoms with Crippen LogP contribution in [0.2, 0.25) is 0 Å². The van der Waals surface area contributed by atoms with Crippen molar-refractivity contribution < 1.29 is 18.0 Å². The van der Waals surface area contributed by atoms with Crippen molar-refractivity contribution in [3.05, 3.63) is 34.9 Å². The van der Waals surface area contributed by atoms with Crippen molar-refractivity contribution in [3.8, 4) is 0 Å². The highest BCUT2D eigenvalue weighted by Crippen LogP contribution is 2.61. The Kier molecular flexibility index (Phi) is 1.54. The number of fused-ring (bicyclic) bond motifs is 3. The number of ketones is 1. The molecule has 0 aromatic heterocycles.